The third kappa shape index (κ3) is 5.28. The largest absolute Gasteiger partial charge is 0.497 e. The Labute approximate surface area is 182 Å². The van der Waals surface area contributed by atoms with Crippen molar-refractivity contribution in [2.75, 3.05) is 35.4 Å². The first kappa shape index (κ1) is 22.0. The summed E-state index contributed by atoms with van der Waals surface area (Å²) in [7, 11) is 8.34. The highest BCUT2D eigenvalue weighted by Gasteiger charge is 2.12. The van der Waals surface area contributed by atoms with Crippen molar-refractivity contribution in [2.24, 2.45) is 0 Å². The number of hydrogen-bond acceptors (Lipinski definition) is 5. The van der Waals surface area contributed by atoms with Crippen molar-refractivity contribution in [3.63, 3.8) is 0 Å². The van der Waals surface area contributed by atoms with E-state index < -0.39 is 0 Å². The van der Waals surface area contributed by atoms with E-state index in [0.717, 1.165) is 28.2 Å². The Morgan fingerprint density at radius 2 is 1.45 bits per heavy atom. The lowest BCUT2D eigenvalue weighted by molar-refractivity contribution is 0.0827. The highest BCUT2D eigenvalue weighted by molar-refractivity contribution is 5.93. The molecule has 0 saturated carbocycles. The van der Waals surface area contributed by atoms with Gasteiger partial charge in [-0.3, -0.25) is 4.79 Å². The molecule has 3 rings (SSSR count). The summed E-state index contributed by atoms with van der Waals surface area (Å²) < 4.78 is 22.4. The zero-order valence-corrected chi connectivity index (χ0v) is 18.5. The van der Waals surface area contributed by atoms with Crippen LogP contribution >= 0.6 is 0 Å². The maximum Gasteiger partial charge on any atom is 0.253 e. The van der Waals surface area contributed by atoms with Gasteiger partial charge in [0.25, 0.3) is 5.91 Å². The van der Waals surface area contributed by atoms with E-state index in [1.165, 1.54) is 0 Å². The molecular weight excluding hydrogens is 394 g/mol. The van der Waals surface area contributed by atoms with Gasteiger partial charge in [-0.1, -0.05) is 12.1 Å². The zero-order chi connectivity index (χ0) is 22.4. The molecule has 0 N–H and O–H groups in total. The minimum absolute atomic E-state index is 0.0304. The fourth-order valence-corrected chi connectivity index (χ4v) is 3.14. The topological polar surface area (TPSA) is 57.2 Å². The van der Waals surface area contributed by atoms with Gasteiger partial charge in [-0.2, -0.15) is 0 Å². The third-order valence-electron chi connectivity index (χ3n) is 4.85. The molecule has 3 aromatic carbocycles. The predicted octanol–water partition coefficient (Wildman–Crippen LogP) is 4.66. The smallest absolute Gasteiger partial charge is 0.253 e. The summed E-state index contributed by atoms with van der Waals surface area (Å²) in [6.45, 7) is 0.359. The normalized spacial score (nSPS) is 10.4. The van der Waals surface area contributed by atoms with Crippen molar-refractivity contribution in [3.8, 4) is 34.1 Å². The van der Waals surface area contributed by atoms with Gasteiger partial charge in [0.2, 0.25) is 0 Å². The Hall–Kier alpha value is -3.67. The summed E-state index contributed by atoms with van der Waals surface area (Å²) >= 11 is 0. The predicted molar refractivity (Wildman–Crippen MR) is 120 cm³/mol. The molecule has 1 amide bonds. The van der Waals surface area contributed by atoms with Gasteiger partial charge in [-0.05, 0) is 53.6 Å². The van der Waals surface area contributed by atoms with Crippen LogP contribution < -0.4 is 18.9 Å². The SMILES string of the molecule is COc1cc(OCc2ccc(C(=O)N(C)C)cc2)cc(-c2cc(OC)ccc2OC)c1. The molecule has 0 atom stereocenters. The quantitative estimate of drug-likeness (QED) is 0.529. The van der Waals surface area contributed by atoms with E-state index in [9.17, 15) is 4.79 Å². The number of ether oxygens (including phenoxy) is 4. The van der Waals surface area contributed by atoms with Crippen molar-refractivity contribution in [2.45, 2.75) is 6.61 Å². The maximum absolute atomic E-state index is 12.0. The van der Waals surface area contributed by atoms with Crippen LogP contribution in [0.5, 0.6) is 23.0 Å². The van der Waals surface area contributed by atoms with Crippen LogP contribution in [0.4, 0.5) is 0 Å². The minimum Gasteiger partial charge on any atom is -0.497 e. The zero-order valence-electron chi connectivity index (χ0n) is 18.5. The second-order valence-corrected chi connectivity index (χ2v) is 7.15. The van der Waals surface area contributed by atoms with E-state index in [1.54, 1.807) is 52.5 Å². The van der Waals surface area contributed by atoms with Gasteiger partial charge in [0.05, 0.1) is 21.3 Å². The molecule has 0 unspecified atom stereocenters. The number of hydrogen-bond donors (Lipinski definition) is 0. The van der Waals surface area contributed by atoms with Crippen LogP contribution in [-0.4, -0.2) is 46.2 Å². The van der Waals surface area contributed by atoms with Gasteiger partial charge >= 0.3 is 0 Å². The average molecular weight is 421 g/mol. The van der Waals surface area contributed by atoms with Crippen LogP contribution in [0.2, 0.25) is 0 Å². The molecule has 162 valence electrons. The summed E-state index contributed by atoms with van der Waals surface area (Å²) in [5.74, 6) is 2.75. The molecule has 0 aromatic heterocycles. The number of carbonyl (C=O) groups is 1. The van der Waals surface area contributed by atoms with E-state index in [4.69, 9.17) is 18.9 Å². The standard InChI is InChI=1S/C25H27NO5/c1-26(2)25(27)18-8-6-17(7-9-18)16-31-22-13-19(12-21(14-22)29-4)23-15-20(28-3)10-11-24(23)30-5/h6-15H,16H2,1-5H3. The fourth-order valence-electron chi connectivity index (χ4n) is 3.14. The lowest BCUT2D eigenvalue weighted by atomic mass is 10.0. The van der Waals surface area contributed by atoms with Gasteiger partial charge in [0.15, 0.2) is 0 Å². The molecule has 0 spiro atoms. The van der Waals surface area contributed by atoms with Crippen LogP contribution in [0.25, 0.3) is 11.1 Å². The number of carbonyl (C=O) groups excluding carboxylic acids is 1. The third-order valence-corrected chi connectivity index (χ3v) is 4.85. The van der Waals surface area contributed by atoms with E-state index in [1.807, 2.05) is 48.5 Å². The minimum atomic E-state index is -0.0304. The van der Waals surface area contributed by atoms with Crippen LogP contribution in [0.15, 0.2) is 60.7 Å². The van der Waals surface area contributed by atoms with E-state index in [0.29, 0.717) is 23.7 Å². The van der Waals surface area contributed by atoms with Crippen molar-refractivity contribution in [1.29, 1.82) is 0 Å². The van der Waals surface area contributed by atoms with Crippen LogP contribution in [-0.2, 0) is 6.61 Å². The molecule has 0 fully saturated rings. The monoisotopic (exact) mass is 421 g/mol. The average Bonchev–Trinajstić information content (AvgIpc) is 2.81. The second kappa shape index (κ2) is 9.89. The van der Waals surface area contributed by atoms with Gasteiger partial charge in [0.1, 0.15) is 29.6 Å². The molecular formula is C25H27NO5. The Bertz CT molecular complexity index is 1040. The molecule has 0 radical (unpaired) electrons. The van der Waals surface area contributed by atoms with E-state index in [-0.39, 0.29) is 5.91 Å². The molecule has 0 aliphatic carbocycles. The fraction of sp³-hybridized carbons (Fsp3) is 0.240. The summed E-state index contributed by atoms with van der Waals surface area (Å²) in [5, 5.41) is 0. The second-order valence-electron chi connectivity index (χ2n) is 7.15. The Morgan fingerprint density at radius 3 is 2.06 bits per heavy atom. The number of amides is 1. The van der Waals surface area contributed by atoms with Gasteiger partial charge in [-0.15, -0.1) is 0 Å². The highest BCUT2D eigenvalue weighted by Crippen LogP contribution is 2.37. The Balaban J connectivity index is 1.84. The first-order chi connectivity index (χ1) is 14.9. The molecule has 3 aromatic rings. The Morgan fingerprint density at radius 1 is 0.774 bits per heavy atom. The van der Waals surface area contributed by atoms with Crippen molar-refractivity contribution in [1.82, 2.24) is 4.90 Å². The van der Waals surface area contributed by atoms with Gasteiger partial charge < -0.3 is 23.8 Å². The van der Waals surface area contributed by atoms with Crippen molar-refractivity contribution in [3.05, 3.63) is 71.8 Å². The maximum atomic E-state index is 12.0. The number of benzene rings is 3. The number of rotatable bonds is 8. The summed E-state index contributed by atoms with van der Waals surface area (Å²) in [6.07, 6.45) is 0. The highest BCUT2D eigenvalue weighted by atomic mass is 16.5. The molecule has 6 nitrogen and oxygen atoms in total. The molecule has 31 heavy (non-hydrogen) atoms. The molecule has 0 bridgehead atoms. The van der Waals surface area contributed by atoms with Crippen molar-refractivity contribution < 1.29 is 23.7 Å². The molecule has 6 heteroatoms. The lowest BCUT2D eigenvalue weighted by Crippen LogP contribution is -2.21. The first-order valence-electron chi connectivity index (χ1n) is 9.80. The van der Waals surface area contributed by atoms with Crippen LogP contribution in [0.1, 0.15) is 15.9 Å². The number of methoxy groups -OCH3 is 3. The molecule has 0 saturated heterocycles. The first-order valence-corrected chi connectivity index (χ1v) is 9.80. The molecule has 0 heterocycles. The summed E-state index contributed by atoms with van der Waals surface area (Å²) in [5.41, 5.74) is 3.36. The van der Waals surface area contributed by atoms with Crippen LogP contribution in [0, 0.1) is 0 Å². The van der Waals surface area contributed by atoms with Crippen molar-refractivity contribution >= 4 is 5.91 Å². The Kier molecular flexibility index (Phi) is 7.03. The van der Waals surface area contributed by atoms with Gasteiger partial charge in [0, 0.05) is 31.3 Å². The lowest BCUT2D eigenvalue weighted by Gasteiger charge is -2.14. The van der Waals surface area contributed by atoms with Gasteiger partial charge in [-0.25, -0.2) is 0 Å². The summed E-state index contributed by atoms with van der Waals surface area (Å²) in [4.78, 5) is 13.6. The molecule has 0 aliphatic heterocycles. The van der Waals surface area contributed by atoms with Crippen LogP contribution in [0.3, 0.4) is 0 Å². The van der Waals surface area contributed by atoms with E-state index >= 15 is 0 Å². The molecule has 0 aliphatic rings. The van der Waals surface area contributed by atoms with E-state index in [2.05, 4.69) is 0 Å². The number of nitrogens with zero attached hydrogens (tertiary/aromatic N) is 1. The summed E-state index contributed by atoms with van der Waals surface area (Å²) in [6, 6.07) is 18.7.